The van der Waals surface area contributed by atoms with Gasteiger partial charge in [0.2, 0.25) is 5.71 Å². The molecule has 1 saturated carbocycles. The number of ether oxygens (including phenoxy) is 1. The molecule has 3 heterocycles. The Bertz CT molecular complexity index is 1640. The molecular formula is C29H29F3N4O5. The number of hydrogen-bond donors (Lipinski definition) is 2. The van der Waals surface area contributed by atoms with Crippen molar-refractivity contribution in [1.82, 2.24) is 19.9 Å². The Morgan fingerprint density at radius 2 is 1.80 bits per heavy atom. The molecule has 12 heteroatoms. The first kappa shape index (κ1) is 28.3. The molecule has 1 amide bonds. The molecule has 0 aliphatic heterocycles. The van der Waals surface area contributed by atoms with Gasteiger partial charge < -0.3 is 19.6 Å². The van der Waals surface area contributed by atoms with Crippen LogP contribution in [-0.2, 0) is 16.9 Å². The number of pyridine rings is 1. The predicted molar refractivity (Wildman–Crippen MR) is 144 cm³/mol. The van der Waals surface area contributed by atoms with E-state index in [9.17, 15) is 27.9 Å². The number of alkyl carbamates (subject to hydrolysis) is 1. The Labute approximate surface area is 233 Å². The van der Waals surface area contributed by atoms with Crippen LogP contribution >= 0.6 is 0 Å². The van der Waals surface area contributed by atoms with Gasteiger partial charge in [-0.3, -0.25) is 14.3 Å². The van der Waals surface area contributed by atoms with Crippen molar-refractivity contribution in [2.75, 3.05) is 0 Å². The molecule has 0 bridgehead atoms. The van der Waals surface area contributed by atoms with E-state index >= 15 is 0 Å². The van der Waals surface area contributed by atoms with E-state index in [0.717, 1.165) is 6.33 Å². The number of aliphatic hydroxyl groups is 1. The summed E-state index contributed by atoms with van der Waals surface area (Å²) in [6, 6.07) is 11.8. The molecule has 0 atom stereocenters. The second-order valence-corrected chi connectivity index (χ2v) is 11.7. The fourth-order valence-corrected chi connectivity index (χ4v) is 5.24. The zero-order chi connectivity index (χ0) is 29.8. The van der Waals surface area contributed by atoms with Gasteiger partial charge in [0.25, 0.3) is 5.56 Å². The fourth-order valence-electron chi connectivity index (χ4n) is 5.24. The van der Waals surface area contributed by atoms with E-state index in [1.165, 1.54) is 6.20 Å². The quantitative estimate of drug-likeness (QED) is 0.323. The number of furan rings is 1. The number of alkyl halides is 3. The van der Waals surface area contributed by atoms with Gasteiger partial charge in [-0.25, -0.2) is 9.78 Å². The van der Waals surface area contributed by atoms with Crippen LogP contribution < -0.4 is 10.9 Å². The summed E-state index contributed by atoms with van der Waals surface area (Å²) in [5, 5.41) is 13.2. The standard InChI is InChI=1S/C29H29F3N4O5/c1-26(2,3)35-25(38)41-28(13-27(4,39)14-28)18-10-8-17(9-11-18)22-20(19-7-5-6-12-33-19)21-23(40-22)34-16-36(24(21)37)15-29(30,31)32/h5-12,16,39H,13-15H2,1-4H3,(H,35,38). The van der Waals surface area contributed by atoms with Gasteiger partial charge in [-0.05, 0) is 45.4 Å². The lowest BCUT2D eigenvalue weighted by atomic mass is 9.65. The summed E-state index contributed by atoms with van der Waals surface area (Å²) in [5.41, 5.74) is -1.98. The topological polar surface area (TPSA) is 119 Å². The van der Waals surface area contributed by atoms with Crippen molar-refractivity contribution in [2.24, 2.45) is 0 Å². The highest BCUT2D eigenvalue weighted by Crippen LogP contribution is 2.51. The van der Waals surface area contributed by atoms with Gasteiger partial charge >= 0.3 is 12.3 Å². The molecule has 1 fully saturated rings. The number of benzene rings is 1. The highest BCUT2D eigenvalue weighted by Gasteiger charge is 2.55. The van der Waals surface area contributed by atoms with Crippen molar-refractivity contribution in [3.8, 4) is 22.6 Å². The normalized spacial score (nSPS) is 21.0. The molecule has 2 N–H and O–H groups in total. The van der Waals surface area contributed by atoms with Crippen LogP contribution in [0.5, 0.6) is 0 Å². The highest BCUT2D eigenvalue weighted by molar-refractivity contribution is 5.98. The van der Waals surface area contributed by atoms with Crippen LogP contribution in [0.1, 0.15) is 46.1 Å². The average Bonchev–Trinajstić information content (AvgIpc) is 3.23. The molecule has 41 heavy (non-hydrogen) atoms. The molecule has 0 saturated heterocycles. The number of amides is 1. The third-order valence-electron chi connectivity index (χ3n) is 6.72. The Morgan fingerprint density at radius 1 is 1.12 bits per heavy atom. The first-order chi connectivity index (χ1) is 19.1. The van der Waals surface area contributed by atoms with Gasteiger partial charge in [-0.2, -0.15) is 13.2 Å². The molecular weight excluding hydrogens is 541 g/mol. The minimum atomic E-state index is -4.62. The molecule has 4 aromatic rings. The van der Waals surface area contributed by atoms with Gasteiger partial charge in [-0.1, -0.05) is 30.3 Å². The molecule has 1 aliphatic rings. The van der Waals surface area contributed by atoms with Crippen molar-refractivity contribution in [1.29, 1.82) is 0 Å². The molecule has 0 unspecified atom stereocenters. The number of nitrogens with one attached hydrogen (secondary N) is 1. The summed E-state index contributed by atoms with van der Waals surface area (Å²) in [7, 11) is 0. The summed E-state index contributed by atoms with van der Waals surface area (Å²) in [4.78, 5) is 34.1. The molecule has 3 aromatic heterocycles. The van der Waals surface area contributed by atoms with Crippen LogP contribution in [0.4, 0.5) is 18.0 Å². The maximum atomic E-state index is 13.2. The largest absolute Gasteiger partial charge is 0.438 e. The lowest BCUT2D eigenvalue weighted by Gasteiger charge is -2.51. The summed E-state index contributed by atoms with van der Waals surface area (Å²) in [6.07, 6.45) is -2.57. The summed E-state index contributed by atoms with van der Waals surface area (Å²) < 4.78 is 51.6. The second-order valence-electron chi connectivity index (χ2n) is 11.7. The molecule has 0 spiro atoms. The Morgan fingerprint density at radius 3 is 2.37 bits per heavy atom. The summed E-state index contributed by atoms with van der Waals surface area (Å²) in [5.74, 6) is 0.195. The van der Waals surface area contributed by atoms with E-state index in [4.69, 9.17) is 9.15 Å². The van der Waals surface area contributed by atoms with Gasteiger partial charge in [0.05, 0.1) is 16.9 Å². The van der Waals surface area contributed by atoms with Gasteiger partial charge in [0.1, 0.15) is 29.6 Å². The van der Waals surface area contributed by atoms with E-state index in [0.29, 0.717) is 21.4 Å². The minimum absolute atomic E-state index is 0.122. The summed E-state index contributed by atoms with van der Waals surface area (Å²) >= 11 is 0. The van der Waals surface area contributed by atoms with Crippen LogP contribution in [0.25, 0.3) is 33.7 Å². The fraction of sp³-hybridized carbons (Fsp3) is 0.379. The maximum Gasteiger partial charge on any atom is 0.408 e. The van der Waals surface area contributed by atoms with E-state index < -0.39 is 41.1 Å². The van der Waals surface area contributed by atoms with Crippen molar-refractivity contribution < 1.29 is 32.2 Å². The first-order valence-electron chi connectivity index (χ1n) is 12.9. The number of carbonyl (C=O) groups excluding carboxylic acids is 1. The van der Waals surface area contributed by atoms with E-state index in [2.05, 4.69) is 15.3 Å². The monoisotopic (exact) mass is 570 g/mol. The van der Waals surface area contributed by atoms with Crippen LogP contribution in [0.2, 0.25) is 0 Å². The number of fused-ring (bicyclic) bond motifs is 1. The second kappa shape index (κ2) is 9.72. The third-order valence-corrected chi connectivity index (χ3v) is 6.72. The van der Waals surface area contributed by atoms with Gasteiger partial charge in [0, 0.05) is 30.1 Å². The van der Waals surface area contributed by atoms with Crippen LogP contribution in [0.3, 0.4) is 0 Å². The van der Waals surface area contributed by atoms with Crippen molar-refractivity contribution in [3.05, 3.63) is 70.9 Å². The number of carbonyl (C=O) groups is 1. The molecule has 216 valence electrons. The predicted octanol–water partition coefficient (Wildman–Crippen LogP) is 5.55. The zero-order valence-corrected chi connectivity index (χ0v) is 22.9. The van der Waals surface area contributed by atoms with Crippen LogP contribution in [-0.4, -0.2) is 43.1 Å². The molecule has 9 nitrogen and oxygen atoms in total. The first-order valence-corrected chi connectivity index (χ1v) is 12.9. The van der Waals surface area contributed by atoms with Crippen molar-refractivity contribution in [2.45, 2.75) is 70.0 Å². The zero-order valence-electron chi connectivity index (χ0n) is 22.9. The number of aromatic nitrogens is 3. The molecule has 5 rings (SSSR count). The van der Waals surface area contributed by atoms with Crippen molar-refractivity contribution >= 4 is 17.2 Å². The smallest absolute Gasteiger partial charge is 0.408 e. The number of rotatable bonds is 5. The lowest BCUT2D eigenvalue weighted by molar-refractivity contribution is -0.177. The number of nitrogens with zero attached hydrogens (tertiary/aromatic N) is 3. The van der Waals surface area contributed by atoms with Gasteiger partial charge in [-0.15, -0.1) is 0 Å². The summed E-state index contributed by atoms with van der Waals surface area (Å²) in [6.45, 7) is 5.64. The van der Waals surface area contributed by atoms with Crippen LogP contribution in [0.15, 0.2) is 64.2 Å². The Kier molecular flexibility index (Phi) is 6.72. The van der Waals surface area contributed by atoms with Gasteiger partial charge in [0.15, 0.2) is 0 Å². The average molecular weight is 571 g/mol. The molecule has 1 aromatic carbocycles. The minimum Gasteiger partial charge on any atom is -0.438 e. The molecule has 0 radical (unpaired) electrons. The van der Waals surface area contributed by atoms with E-state index in [-0.39, 0.29) is 35.3 Å². The number of hydrogen-bond acceptors (Lipinski definition) is 7. The number of halogens is 3. The van der Waals surface area contributed by atoms with Crippen molar-refractivity contribution in [3.63, 3.8) is 0 Å². The SMILES string of the molecule is CC1(O)CC(OC(=O)NC(C)(C)C)(c2ccc(-c3oc4ncn(CC(F)(F)F)c(=O)c4c3-c3ccccn3)cc2)C1. The maximum absolute atomic E-state index is 13.2. The lowest BCUT2D eigenvalue weighted by Crippen LogP contribution is -2.57. The Balaban J connectivity index is 1.58. The third kappa shape index (κ3) is 5.83. The molecule has 1 aliphatic carbocycles. The van der Waals surface area contributed by atoms with Crippen LogP contribution in [0, 0.1) is 0 Å². The highest BCUT2D eigenvalue weighted by atomic mass is 19.4. The van der Waals surface area contributed by atoms with E-state index in [1.54, 1.807) is 49.4 Å². The van der Waals surface area contributed by atoms with E-state index in [1.807, 2.05) is 20.8 Å². The Hall–Kier alpha value is -4.19.